The molecule has 0 aliphatic heterocycles. The molecule has 2 N–H and O–H groups in total. The molecule has 1 rings (SSSR count). The van der Waals surface area contributed by atoms with Crippen molar-refractivity contribution in [1.29, 1.82) is 0 Å². The number of benzene rings is 1. The number of nitrogens with one attached hydrogen (secondary N) is 1. The minimum atomic E-state index is -1.06. The second kappa shape index (κ2) is 6.75. The van der Waals surface area contributed by atoms with Crippen LogP contribution in [0.5, 0.6) is 0 Å². The Balaban J connectivity index is 2.52. The van der Waals surface area contributed by atoms with E-state index in [2.05, 4.69) is 5.32 Å². The highest BCUT2D eigenvalue weighted by molar-refractivity contribution is 6.30. The van der Waals surface area contributed by atoms with Gasteiger partial charge in [0.2, 0.25) is 5.91 Å². The van der Waals surface area contributed by atoms with Crippen LogP contribution in [0.3, 0.4) is 0 Å². The highest BCUT2D eigenvalue weighted by Crippen LogP contribution is 2.20. The van der Waals surface area contributed by atoms with Crippen molar-refractivity contribution in [3.05, 3.63) is 34.9 Å². The summed E-state index contributed by atoms with van der Waals surface area (Å²) >= 11 is 5.90. The van der Waals surface area contributed by atoms with Gasteiger partial charge >= 0.3 is 5.97 Å². The van der Waals surface area contributed by atoms with Crippen molar-refractivity contribution in [2.75, 3.05) is 0 Å². The number of carboxylic acids is 1. The Labute approximate surface area is 124 Å². The predicted molar refractivity (Wildman–Crippen MR) is 78.8 cm³/mol. The molecule has 1 aromatic carbocycles. The molecule has 5 heteroatoms. The Morgan fingerprint density at radius 2 is 2.05 bits per heavy atom. The molecular formula is C15H20ClNO3. The fraction of sp³-hybridized carbons (Fsp3) is 0.467. The summed E-state index contributed by atoms with van der Waals surface area (Å²) in [5.41, 5.74) is -0.0253. The summed E-state index contributed by atoms with van der Waals surface area (Å²) in [7, 11) is 0. The summed E-state index contributed by atoms with van der Waals surface area (Å²) in [6, 6.07) is 7.37. The first-order valence-electron chi connectivity index (χ1n) is 6.48. The summed E-state index contributed by atoms with van der Waals surface area (Å²) in [6.45, 7) is 4.96. The Bertz CT molecular complexity index is 500. The smallest absolute Gasteiger partial charge is 0.309 e. The molecule has 20 heavy (non-hydrogen) atoms. The first kappa shape index (κ1) is 16.5. The first-order chi connectivity index (χ1) is 9.20. The maximum Gasteiger partial charge on any atom is 0.309 e. The third-order valence-electron chi connectivity index (χ3n) is 3.02. The van der Waals surface area contributed by atoms with Crippen molar-refractivity contribution in [2.24, 2.45) is 5.41 Å². The Morgan fingerprint density at radius 3 is 2.60 bits per heavy atom. The predicted octanol–water partition coefficient (Wildman–Crippen LogP) is 2.89. The lowest BCUT2D eigenvalue weighted by atomic mass is 9.89. The van der Waals surface area contributed by atoms with Gasteiger partial charge in [-0.25, -0.2) is 0 Å². The highest BCUT2D eigenvalue weighted by atomic mass is 35.5. The maximum absolute atomic E-state index is 11.8. The van der Waals surface area contributed by atoms with Crippen molar-refractivity contribution >= 4 is 23.5 Å². The van der Waals surface area contributed by atoms with Crippen molar-refractivity contribution in [3.8, 4) is 0 Å². The van der Waals surface area contributed by atoms with E-state index in [1.54, 1.807) is 6.07 Å². The Morgan fingerprint density at radius 1 is 1.40 bits per heavy atom. The zero-order valence-corrected chi connectivity index (χ0v) is 12.7. The minimum Gasteiger partial charge on any atom is -0.481 e. The number of hydrogen-bond acceptors (Lipinski definition) is 2. The van der Waals surface area contributed by atoms with Gasteiger partial charge in [0.15, 0.2) is 0 Å². The fourth-order valence-electron chi connectivity index (χ4n) is 1.87. The van der Waals surface area contributed by atoms with E-state index >= 15 is 0 Å². The number of halogens is 1. The van der Waals surface area contributed by atoms with E-state index in [9.17, 15) is 9.59 Å². The summed E-state index contributed by atoms with van der Waals surface area (Å²) in [6.07, 6.45) is 0.613. The summed E-state index contributed by atoms with van der Waals surface area (Å²) < 4.78 is 0. The molecule has 0 aliphatic carbocycles. The molecule has 0 saturated heterocycles. The van der Waals surface area contributed by atoms with Crippen LogP contribution in [0.15, 0.2) is 24.3 Å². The van der Waals surface area contributed by atoms with E-state index in [4.69, 9.17) is 16.7 Å². The molecule has 0 bridgehead atoms. The monoisotopic (exact) mass is 297 g/mol. The third kappa shape index (κ3) is 5.21. The molecule has 1 amide bonds. The van der Waals surface area contributed by atoms with Gasteiger partial charge in [0.05, 0.1) is 5.41 Å². The molecule has 4 nitrogen and oxygen atoms in total. The number of carbonyl (C=O) groups excluding carboxylic acids is 1. The summed E-state index contributed by atoms with van der Waals surface area (Å²) in [5.74, 6) is -1.23. The first-order valence-corrected chi connectivity index (χ1v) is 6.86. The number of amides is 1. The van der Waals surface area contributed by atoms with E-state index in [0.29, 0.717) is 11.4 Å². The van der Waals surface area contributed by atoms with Gasteiger partial charge in [-0.3, -0.25) is 9.59 Å². The SMILES string of the molecule is CC(Cc1cccc(Cl)c1)NC(=O)CC(C)(C)C(=O)O. The normalized spacial score (nSPS) is 12.8. The molecule has 0 aromatic heterocycles. The van der Waals surface area contributed by atoms with Gasteiger partial charge < -0.3 is 10.4 Å². The molecule has 1 atom stereocenters. The second-order valence-electron chi connectivity index (χ2n) is 5.67. The molecule has 0 saturated carbocycles. The standard InChI is InChI=1S/C15H20ClNO3/c1-10(7-11-5-4-6-12(16)8-11)17-13(18)9-15(2,3)14(19)20/h4-6,8,10H,7,9H2,1-3H3,(H,17,18)(H,19,20). The lowest BCUT2D eigenvalue weighted by Crippen LogP contribution is -2.38. The van der Waals surface area contributed by atoms with E-state index in [-0.39, 0.29) is 18.4 Å². The summed E-state index contributed by atoms with van der Waals surface area (Å²) in [4.78, 5) is 22.8. The quantitative estimate of drug-likeness (QED) is 0.848. The second-order valence-corrected chi connectivity index (χ2v) is 6.10. The van der Waals surface area contributed by atoms with Gasteiger partial charge in [0, 0.05) is 17.5 Å². The largest absolute Gasteiger partial charge is 0.481 e. The zero-order valence-electron chi connectivity index (χ0n) is 11.9. The number of rotatable bonds is 6. The van der Waals surface area contributed by atoms with Crippen LogP contribution < -0.4 is 5.32 Å². The molecule has 1 unspecified atom stereocenters. The number of aliphatic carboxylic acids is 1. The topological polar surface area (TPSA) is 66.4 Å². The number of hydrogen-bond donors (Lipinski definition) is 2. The van der Waals surface area contributed by atoms with E-state index in [1.807, 2.05) is 25.1 Å². The van der Waals surface area contributed by atoms with Crippen LogP contribution in [0, 0.1) is 5.41 Å². The van der Waals surface area contributed by atoms with Crippen LogP contribution in [-0.2, 0) is 16.0 Å². The van der Waals surface area contributed by atoms with Crippen molar-refractivity contribution < 1.29 is 14.7 Å². The van der Waals surface area contributed by atoms with Crippen LogP contribution in [0.2, 0.25) is 5.02 Å². The highest BCUT2D eigenvalue weighted by Gasteiger charge is 2.30. The minimum absolute atomic E-state index is 0.0395. The third-order valence-corrected chi connectivity index (χ3v) is 3.25. The van der Waals surface area contributed by atoms with Gasteiger partial charge in [-0.05, 0) is 44.9 Å². The van der Waals surface area contributed by atoms with Crippen molar-refractivity contribution in [3.63, 3.8) is 0 Å². The molecular weight excluding hydrogens is 278 g/mol. The van der Waals surface area contributed by atoms with E-state index in [1.165, 1.54) is 13.8 Å². The lowest BCUT2D eigenvalue weighted by Gasteiger charge is -2.20. The Kier molecular flexibility index (Phi) is 5.57. The van der Waals surface area contributed by atoms with Crippen molar-refractivity contribution in [1.82, 2.24) is 5.32 Å². The Hall–Kier alpha value is -1.55. The van der Waals surface area contributed by atoms with Gasteiger partial charge in [-0.2, -0.15) is 0 Å². The van der Waals surface area contributed by atoms with Crippen LogP contribution in [0.25, 0.3) is 0 Å². The van der Waals surface area contributed by atoms with E-state index in [0.717, 1.165) is 5.56 Å². The molecule has 1 aromatic rings. The van der Waals surface area contributed by atoms with Gasteiger partial charge in [0.1, 0.15) is 0 Å². The number of carboxylic acid groups (broad SMARTS) is 1. The lowest BCUT2D eigenvalue weighted by molar-refractivity contribution is -0.149. The molecule has 0 radical (unpaired) electrons. The van der Waals surface area contributed by atoms with Gasteiger partial charge in [0.25, 0.3) is 0 Å². The van der Waals surface area contributed by atoms with Crippen LogP contribution >= 0.6 is 11.6 Å². The fourth-order valence-corrected chi connectivity index (χ4v) is 2.08. The summed E-state index contributed by atoms with van der Waals surface area (Å²) in [5, 5.41) is 12.5. The van der Waals surface area contributed by atoms with Gasteiger partial charge in [-0.15, -0.1) is 0 Å². The van der Waals surface area contributed by atoms with Crippen LogP contribution in [0.4, 0.5) is 0 Å². The molecule has 0 aliphatic rings. The van der Waals surface area contributed by atoms with Crippen molar-refractivity contribution in [2.45, 2.75) is 39.7 Å². The van der Waals surface area contributed by atoms with Gasteiger partial charge in [-0.1, -0.05) is 23.7 Å². The number of carbonyl (C=O) groups is 2. The molecule has 0 fully saturated rings. The van der Waals surface area contributed by atoms with Crippen LogP contribution in [-0.4, -0.2) is 23.0 Å². The molecule has 0 spiro atoms. The maximum atomic E-state index is 11.8. The zero-order chi connectivity index (χ0) is 15.3. The molecule has 110 valence electrons. The molecule has 0 heterocycles. The van der Waals surface area contributed by atoms with Crippen LogP contribution in [0.1, 0.15) is 32.8 Å². The average Bonchev–Trinajstić information content (AvgIpc) is 2.26. The average molecular weight is 298 g/mol. The van der Waals surface area contributed by atoms with E-state index < -0.39 is 11.4 Å².